The second-order valence-corrected chi connectivity index (χ2v) is 5.97. The van der Waals surface area contributed by atoms with E-state index in [1.165, 1.54) is 48.4 Å². The Hall–Kier alpha value is -3.09. The summed E-state index contributed by atoms with van der Waals surface area (Å²) < 4.78 is 39.8. The molecule has 0 spiro atoms. The molecule has 26 heavy (non-hydrogen) atoms. The van der Waals surface area contributed by atoms with E-state index < -0.39 is 29.5 Å². The van der Waals surface area contributed by atoms with Gasteiger partial charge in [0.1, 0.15) is 5.82 Å². The highest BCUT2D eigenvalue weighted by molar-refractivity contribution is 5.96. The minimum absolute atomic E-state index is 0.0340. The Balaban J connectivity index is 1.88. The highest BCUT2D eigenvalue weighted by atomic mass is 19.2. The number of amides is 2. The first-order valence-corrected chi connectivity index (χ1v) is 7.86. The lowest BCUT2D eigenvalue weighted by atomic mass is 9.97. The number of aryl methyl sites for hydroxylation is 1. The quantitative estimate of drug-likeness (QED) is 0.859. The van der Waals surface area contributed by atoms with Gasteiger partial charge in [0, 0.05) is 24.4 Å². The number of nitrogens with zero attached hydrogens (tertiary/aromatic N) is 1. The van der Waals surface area contributed by atoms with Crippen molar-refractivity contribution in [2.24, 2.45) is 0 Å². The summed E-state index contributed by atoms with van der Waals surface area (Å²) in [5, 5.41) is 2.52. The van der Waals surface area contributed by atoms with Crippen molar-refractivity contribution >= 4 is 17.5 Å². The molecule has 0 bridgehead atoms. The zero-order valence-electron chi connectivity index (χ0n) is 13.8. The third-order valence-electron chi connectivity index (χ3n) is 4.15. The molecule has 1 N–H and O–H groups in total. The van der Waals surface area contributed by atoms with Gasteiger partial charge >= 0.3 is 6.03 Å². The van der Waals surface area contributed by atoms with Gasteiger partial charge in [-0.3, -0.25) is 9.69 Å². The van der Waals surface area contributed by atoms with Gasteiger partial charge in [-0.25, -0.2) is 18.0 Å². The van der Waals surface area contributed by atoms with Crippen LogP contribution in [0.15, 0.2) is 48.7 Å². The molecule has 0 aliphatic carbocycles. The fraction of sp³-hybridized carbons (Fsp3) is 0.158. The number of hydrogen-bond donors (Lipinski definition) is 1. The fourth-order valence-electron chi connectivity index (χ4n) is 2.76. The van der Waals surface area contributed by atoms with Gasteiger partial charge in [-0.15, -0.1) is 0 Å². The van der Waals surface area contributed by atoms with Crippen molar-refractivity contribution in [3.05, 3.63) is 77.3 Å². The van der Waals surface area contributed by atoms with E-state index in [0.717, 1.165) is 12.1 Å². The Morgan fingerprint density at radius 3 is 2.46 bits per heavy atom. The number of rotatable bonds is 2. The van der Waals surface area contributed by atoms with Crippen LogP contribution in [0.25, 0.3) is 0 Å². The van der Waals surface area contributed by atoms with E-state index in [2.05, 4.69) is 5.32 Å². The highest BCUT2D eigenvalue weighted by Crippen LogP contribution is 2.30. The number of halogens is 3. The lowest BCUT2D eigenvalue weighted by molar-refractivity contribution is -0.116. The number of hydrogen-bond acceptors (Lipinski definition) is 2. The zero-order chi connectivity index (χ0) is 18.8. The van der Waals surface area contributed by atoms with Gasteiger partial charge < -0.3 is 5.32 Å². The van der Waals surface area contributed by atoms with Gasteiger partial charge in [-0.2, -0.15) is 0 Å². The molecule has 0 unspecified atom stereocenters. The number of carbonyl (C=O) groups excluding carboxylic acids is 2. The number of allylic oxidation sites excluding steroid dienone is 1. The summed E-state index contributed by atoms with van der Waals surface area (Å²) in [6, 6.07) is 6.12. The summed E-state index contributed by atoms with van der Waals surface area (Å²) in [7, 11) is 0. The third kappa shape index (κ3) is 3.61. The summed E-state index contributed by atoms with van der Waals surface area (Å²) in [6.45, 7) is 1.53. The molecule has 1 heterocycles. The Labute approximate surface area is 147 Å². The van der Waals surface area contributed by atoms with Crippen molar-refractivity contribution in [1.29, 1.82) is 0 Å². The molecular formula is C19H15F3N2O2. The smallest absolute Gasteiger partial charge is 0.307 e. The SMILES string of the molecule is Cc1cc(F)c(F)cc1NC(=O)N1C=CC(=O)C[C@H]1c1ccc(F)cc1. The number of benzene rings is 2. The molecule has 134 valence electrons. The maximum absolute atomic E-state index is 13.4. The molecule has 2 amide bonds. The van der Waals surface area contributed by atoms with Crippen LogP contribution in [0.5, 0.6) is 0 Å². The second-order valence-electron chi connectivity index (χ2n) is 5.97. The van der Waals surface area contributed by atoms with E-state index in [4.69, 9.17) is 0 Å². The Kier molecular flexibility index (Phi) is 4.79. The number of ketones is 1. The number of urea groups is 1. The van der Waals surface area contributed by atoms with Crippen molar-refractivity contribution in [3.8, 4) is 0 Å². The van der Waals surface area contributed by atoms with E-state index in [-0.39, 0.29) is 17.9 Å². The molecule has 0 radical (unpaired) electrons. The van der Waals surface area contributed by atoms with Crippen LogP contribution in [-0.2, 0) is 4.79 Å². The van der Waals surface area contributed by atoms with Crippen molar-refractivity contribution in [2.45, 2.75) is 19.4 Å². The topological polar surface area (TPSA) is 49.4 Å². The Morgan fingerprint density at radius 2 is 1.77 bits per heavy atom. The monoisotopic (exact) mass is 360 g/mol. The van der Waals surface area contributed by atoms with Crippen LogP contribution >= 0.6 is 0 Å². The largest absolute Gasteiger partial charge is 0.326 e. The lowest BCUT2D eigenvalue weighted by Crippen LogP contribution is -2.37. The van der Waals surface area contributed by atoms with E-state index in [1.807, 2.05) is 0 Å². The molecule has 0 aromatic heterocycles. The molecule has 0 saturated heterocycles. The summed E-state index contributed by atoms with van der Waals surface area (Å²) in [4.78, 5) is 25.7. The first kappa shape index (κ1) is 17.7. The fourth-order valence-corrected chi connectivity index (χ4v) is 2.76. The number of nitrogens with one attached hydrogen (secondary N) is 1. The van der Waals surface area contributed by atoms with E-state index in [1.54, 1.807) is 0 Å². The van der Waals surface area contributed by atoms with Gasteiger partial charge in [-0.05, 0) is 42.3 Å². The molecule has 2 aromatic rings. The van der Waals surface area contributed by atoms with Crippen LogP contribution in [0.2, 0.25) is 0 Å². The van der Waals surface area contributed by atoms with E-state index in [9.17, 15) is 22.8 Å². The van der Waals surface area contributed by atoms with Crippen molar-refractivity contribution in [1.82, 2.24) is 4.90 Å². The lowest BCUT2D eigenvalue weighted by Gasteiger charge is -2.31. The third-order valence-corrected chi connectivity index (χ3v) is 4.15. The average molecular weight is 360 g/mol. The average Bonchev–Trinajstić information content (AvgIpc) is 2.60. The maximum atomic E-state index is 13.4. The molecule has 1 aliphatic heterocycles. The molecule has 2 aromatic carbocycles. The second kappa shape index (κ2) is 7.03. The Bertz CT molecular complexity index is 894. The summed E-state index contributed by atoms with van der Waals surface area (Å²) in [5.41, 5.74) is 1.06. The molecule has 4 nitrogen and oxygen atoms in total. The van der Waals surface area contributed by atoms with E-state index in [0.29, 0.717) is 11.1 Å². The maximum Gasteiger partial charge on any atom is 0.326 e. The predicted molar refractivity (Wildman–Crippen MR) is 89.9 cm³/mol. The molecule has 3 rings (SSSR count). The zero-order valence-corrected chi connectivity index (χ0v) is 13.8. The molecule has 0 saturated carbocycles. The van der Waals surface area contributed by atoms with Crippen molar-refractivity contribution in [2.75, 3.05) is 5.32 Å². The van der Waals surface area contributed by atoms with Gasteiger partial charge in [0.15, 0.2) is 17.4 Å². The van der Waals surface area contributed by atoms with Crippen molar-refractivity contribution in [3.63, 3.8) is 0 Å². The molecule has 0 fully saturated rings. The van der Waals surface area contributed by atoms with Gasteiger partial charge in [0.25, 0.3) is 0 Å². The van der Waals surface area contributed by atoms with Crippen LogP contribution in [0, 0.1) is 24.4 Å². The first-order chi connectivity index (χ1) is 12.3. The highest BCUT2D eigenvalue weighted by Gasteiger charge is 2.29. The van der Waals surface area contributed by atoms with Gasteiger partial charge in [0.05, 0.1) is 6.04 Å². The molecule has 1 atom stereocenters. The van der Waals surface area contributed by atoms with Gasteiger partial charge in [-0.1, -0.05) is 12.1 Å². The molecular weight excluding hydrogens is 345 g/mol. The summed E-state index contributed by atoms with van der Waals surface area (Å²) in [5.74, 6) is -2.69. The minimum atomic E-state index is -1.08. The van der Waals surface area contributed by atoms with Gasteiger partial charge in [0.2, 0.25) is 0 Å². The number of carbonyl (C=O) groups is 2. The van der Waals surface area contributed by atoms with E-state index >= 15 is 0 Å². The summed E-state index contributed by atoms with van der Waals surface area (Å²) >= 11 is 0. The molecule has 7 heteroatoms. The van der Waals surface area contributed by atoms with Crippen LogP contribution in [-0.4, -0.2) is 16.7 Å². The van der Waals surface area contributed by atoms with Crippen LogP contribution in [0.1, 0.15) is 23.6 Å². The minimum Gasteiger partial charge on any atom is -0.307 e. The predicted octanol–water partition coefficient (Wildman–Crippen LogP) is 4.47. The van der Waals surface area contributed by atoms with Crippen LogP contribution in [0.4, 0.5) is 23.7 Å². The van der Waals surface area contributed by atoms with Crippen LogP contribution < -0.4 is 5.32 Å². The Morgan fingerprint density at radius 1 is 1.12 bits per heavy atom. The first-order valence-electron chi connectivity index (χ1n) is 7.86. The normalized spacial score (nSPS) is 16.7. The van der Waals surface area contributed by atoms with Crippen LogP contribution in [0.3, 0.4) is 0 Å². The summed E-state index contributed by atoms with van der Waals surface area (Å²) in [6.07, 6.45) is 2.62. The van der Waals surface area contributed by atoms with Crippen molar-refractivity contribution < 1.29 is 22.8 Å². The standard InChI is InChI=1S/C19H15F3N2O2/c1-11-8-15(21)16(22)10-17(11)23-19(26)24-7-6-14(25)9-18(24)12-2-4-13(20)5-3-12/h2-8,10,18H,9H2,1H3,(H,23,26)/t18-/m0/s1. The number of anilines is 1. The molecule has 1 aliphatic rings.